The SMILES string of the molecule is O=C(O)[C@H](c1ccco1)N1CCN(c2ccc(F)cc2)CC1. The van der Waals surface area contributed by atoms with Gasteiger partial charge in [0.2, 0.25) is 0 Å². The Bertz CT molecular complexity index is 619. The molecule has 0 bridgehead atoms. The normalized spacial score (nSPS) is 17.4. The third-order valence-corrected chi connectivity index (χ3v) is 3.92. The van der Waals surface area contributed by atoms with Crippen molar-refractivity contribution < 1.29 is 18.7 Å². The van der Waals surface area contributed by atoms with Crippen LogP contribution in [-0.4, -0.2) is 42.2 Å². The van der Waals surface area contributed by atoms with E-state index in [2.05, 4.69) is 4.90 Å². The lowest BCUT2D eigenvalue weighted by atomic mass is 10.1. The summed E-state index contributed by atoms with van der Waals surface area (Å²) >= 11 is 0. The topological polar surface area (TPSA) is 56.9 Å². The van der Waals surface area contributed by atoms with Crippen molar-refractivity contribution in [3.05, 3.63) is 54.2 Å². The van der Waals surface area contributed by atoms with Gasteiger partial charge in [-0.2, -0.15) is 0 Å². The number of carboxylic acids is 1. The van der Waals surface area contributed by atoms with Crippen molar-refractivity contribution in [1.82, 2.24) is 4.90 Å². The molecule has 1 atom stereocenters. The van der Waals surface area contributed by atoms with Crippen LogP contribution in [0.5, 0.6) is 0 Å². The first-order valence-electron chi connectivity index (χ1n) is 7.16. The third kappa shape index (κ3) is 2.96. The Labute approximate surface area is 127 Å². The lowest BCUT2D eigenvalue weighted by Gasteiger charge is -2.38. The van der Waals surface area contributed by atoms with Gasteiger partial charge in [0.15, 0.2) is 6.04 Å². The van der Waals surface area contributed by atoms with Crippen LogP contribution < -0.4 is 4.90 Å². The smallest absolute Gasteiger partial charge is 0.328 e. The maximum absolute atomic E-state index is 13.0. The van der Waals surface area contributed by atoms with Gasteiger partial charge in [0.25, 0.3) is 0 Å². The second kappa shape index (κ2) is 6.19. The van der Waals surface area contributed by atoms with Crippen LogP contribution in [-0.2, 0) is 4.79 Å². The van der Waals surface area contributed by atoms with Gasteiger partial charge in [0.05, 0.1) is 6.26 Å². The molecule has 1 aliphatic rings. The maximum Gasteiger partial charge on any atom is 0.328 e. The van der Waals surface area contributed by atoms with Crippen molar-refractivity contribution in [2.24, 2.45) is 0 Å². The second-order valence-corrected chi connectivity index (χ2v) is 5.26. The average molecular weight is 304 g/mol. The maximum atomic E-state index is 13.0. The molecule has 0 aliphatic carbocycles. The Hall–Kier alpha value is -2.34. The van der Waals surface area contributed by atoms with E-state index in [1.165, 1.54) is 18.4 Å². The van der Waals surface area contributed by atoms with Gasteiger partial charge in [-0.1, -0.05) is 0 Å². The summed E-state index contributed by atoms with van der Waals surface area (Å²) in [5, 5.41) is 9.45. The number of anilines is 1. The summed E-state index contributed by atoms with van der Waals surface area (Å²) in [6.45, 7) is 2.59. The van der Waals surface area contributed by atoms with Gasteiger partial charge in [0.1, 0.15) is 11.6 Å². The summed E-state index contributed by atoms with van der Waals surface area (Å²) in [7, 11) is 0. The quantitative estimate of drug-likeness (QED) is 0.940. The average Bonchev–Trinajstić information content (AvgIpc) is 3.03. The van der Waals surface area contributed by atoms with E-state index >= 15 is 0 Å². The Balaban J connectivity index is 1.68. The molecule has 1 N–H and O–H groups in total. The van der Waals surface area contributed by atoms with Gasteiger partial charge >= 0.3 is 5.97 Å². The lowest BCUT2D eigenvalue weighted by molar-refractivity contribution is -0.144. The molecule has 22 heavy (non-hydrogen) atoms. The highest BCUT2D eigenvalue weighted by atomic mass is 19.1. The molecule has 1 saturated heterocycles. The van der Waals surface area contributed by atoms with Gasteiger partial charge in [0, 0.05) is 31.9 Å². The fraction of sp³-hybridized carbons (Fsp3) is 0.312. The Morgan fingerprint density at radius 1 is 1.14 bits per heavy atom. The van der Waals surface area contributed by atoms with E-state index in [4.69, 9.17) is 4.42 Å². The first-order chi connectivity index (χ1) is 10.6. The summed E-state index contributed by atoms with van der Waals surface area (Å²) < 4.78 is 18.2. The Kier molecular flexibility index (Phi) is 4.11. The van der Waals surface area contributed by atoms with Crippen LogP contribution in [0.3, 0.4) is 0 Å². The van der Waals surface area contributed by atoms with E-state index < -0.39 is 12.0 Å². The lowest BCUT2D eigenvalue weighted by Crippen LogP contribution is -2.49. The first-order valence-corrected chi connectivity index (χ1v) is 7.16. The largest absolute Gasteiger partial charge is 0.480 e. The number of hydrogen-bond donors (Lipinski definition) is 1. The zero-order valence-electron chi connectivity index (χ0n) is 12.0. The minimum Gasteiger partial charge on any atom is -0.480 e. The molecule has 6 heteroatoms. The first kappa shape index (κ1) is 14.6. The number of rotatable bonds is 4. The van der Waals surface area contributed by atoms with Crippen LogP contribution in [0.15, 0.2) is 47.1 Å². The van der Waals surface area contributed by atoms with Crippen LogP contribution in [0, 0.1) is 5.82 Å². The van der Waals surface area contributed by atoms with E-state index in [1.807, 2.05) is 4.90 Å². The van der Waals surface area contributed by atoms with Gasteiger partial charge in [-0.25, -0.2) is 4.39 Å². The summed E-state index contributed by atoms with van der Waals surface area (Å²) in [6, 6.07) is 8.98. The fourth-order valence-electron chi connectivity index (χ4n) is 2.79. The number of carbonyl (C=O) groups is 1. The zero-order valence-corrected chi connectivity index (χ0v) is 12.0. The second-order valence-electron chi connectivity index (χ2n) is 5.26. The van der Waals surface area contributed by atoms with Crippen molar-refractivity contribution in [2.75, 3.05) is 31.1 Å². The molecular weight excluding hydrogens is 287 g/mol. The monoisotopic (exact) mass is 304 g/mol. The molecule has 1 aromatic carbocycles. The summed E-state index contributed by atoms with van der Waals surface area (Å²) in [6.07, 6.45) is 1.49. The number of aliphatic carboxylic acids is 1. The van der Waals surface area contributed by atoms with Gasteiger partial charge in [-0.15, -0.1) is 0 Å². The number of piperazine rings is 1. The van der Waals surface area contributed by atoms with Crippen LogP contribution in [0.25, 0.3) is 0 Å². The molecular formula is C16H17FN2O3. The molecule has 0 saturated carbocycles. The number of carboxylic acid groups (broad SMARTS) is 1. The predicted octanol–water partition coefficient (Wildman–Crippen LogP) is 2.37. The Morgan fingerprint density at radius 2 is 1.82 bits per heavy atom. The molecule has 3 rings (SSSR count). The molecule has 0 spiro atoms. The molecule has 1 fully saturated rings. The number of nitrogens with zero attached hydrogens (tertiary/aromatic N) is 2. The minimum atomic E-state index is -0.912. The molecule has 0 amide bonds. The van der Waals surface area contributed by atoms with Gasteiger partial charge in [-0.3, -0.25) is 9.69 Å². The zero-order chi connectivity index (χ0) is 15.5. The van der Waals surface area contributed by atoms with Crippen LogP contribution >= 0.6 is 0 Å². The molecule has 2 aromatic rings. The number of hydrogen-bond acceptors (Lipinski definition) is 4. The third-order valence-electron chi connectivity index (χ3n) is 3.92. The summed E-state index contributed by atoms with van der Waals surface area (Å²) in [5.74, 6) is -0.723. The standard InChI is InChI=1S/C16H17FN2O3/c17-12-3-5-13(6-4-12)18-7-9-19(10-8-18)15(16(20)21)14-2-1-11-22-14/h1-6,11,15H,7-10H2,(H,20,21)/t15-/m0/s1. The van der Waals surface area contributed by atoms with Gasteiger partial charge < -0.3 is 14.4 Å². The molecule has 1 aromatic heterocycles. The van der Waals surface area contributed by atoms with Crippen molar-refractivity contribution >= 4 is 11.7 Å². The molecule has 0 unspecified atom stereocenters. The van der Waals surface area contributed by atoms with Crippen molar-refractivity contribution in [1.29, 1.82) is 0 Å². The summed E-state index contributed by atoms with van der Waals surface area (Å²) in [4.78, 5) is 15.5. The van der Waals surface area contributed by atoms with E-state index in [1.54, 1.807) is 24.3 Å². The minimum absolute atomic E-state index is 0.258. The van der Waals surface area contributed by atoms with E-state index in [0.29, 0.717) is 31.9 Å². The predicted molar refractivity (Wildman–Crippen MR) is 79.3 cm³/mol. The highest BCUT2D eigenvalue weighted by molar-refractivity contribution is 5.74. The molecule has 0 radical (unpaired) electrons. The molecule has 116 valence electrons. The highest BCUT2D eigenvalue weighted by Crippen LogP contribution is 2.25. The number of halogens is 1. The van der Waals surface area contributed by atoms with Gasteiger partial charge in [-0.05, 0) is 36.4 Å². The number of furan rings is 1. The van der Waals surface area contributed by atoms with Crippen LogP contribution in [0.2, 0.25) is 0 Å². The van der Waals surface area contributed by atoms with Crippen molar-refractivity contribution in [3.8, 4) is 0 Å². The highest BCUT2D eigenvalue weighted by Gasteiger charge is 2.32. The van der Waals surface area contributed by atoms with Crippen molar-refractivity contribution in [2.45, 2.75) is 6.04 Å². The fourth-order valence-corrected chi connectivity index (χ4v) is 2.79. The molecule has 1 aliphatic heterocycles. The Morgan fingerprint density at radius 3 is 2.36 bits per heavy atom. The van der Waals surface area contributed by atoms with Crippen molar-refractivity contribution in [3.63, 3.8) is 0 Å². The van der Waals surface area contributed by atoms with E-state index in [9.17, 15) is 14.3 Å². The molecule has 2 heterocycles. The van der Waals surface area contributed by atoms with Crippen LogP contribution in [0.4, 0.5) is 10.1 Å². The number of benzene rings is 1. The van der Waals surface area contributed by atoms with E-state index in [0.717, 1.165) is 5.69 Å². The summed E-state index contributed by atoms with van der Waals surface area (Å²) in [5.41, 5.74) is 0.950. The van der Waals surface area contributed by atoms with E-state index in [-0.39, 0.29) is 5.82 Å². The van der Waals surface area contributed by atoms with Crippen LogP contribution in [0.1, 0.15) is 11.8 Å². The molecule has 5 nitrogen and oxygen atoms in total.